The molecule has 7 nitrogen and oxygen atoms in total. The molecule has 0 bridgehead atoms. The smallest absolute Gasteiger partial charge is 0.243 e. The van der Waals surface area contributed by atoms with Crippen molar-refractivity contribution >= 4 is 26.0 Å². The van der Waals surface area contributed by atoms with Crippen molar-refractivity contribution in [3.8, 4) is 5.75 Å². The Hall–Kier alpha value is -1.45. The summed E-state index contributed by atoms with van der Waals surface area (Å²) in [6.45, 7) is 1.91. The summed E-state index contributed by atoms with van der Waals surface area (Å²) in [4.78, 5) is 4.26. The highest BCUT2D eigenvalue weighted by atomic mass is 79.9. The Bertz CT molecular complexity index is 760. The van der Waals surface area contributed by atoms with Crippen LogP contribution in [-0.2, 0) is 23.0 Å². The van der Waals surface area contributed by atoms with Crippen molar-refractivity contribution in [2.24, 2.45) is 0 Å². The molecule has 0 saturated carbocycles. The van der Waals surface area contributed by atoms with Gasteiger partial charge in [-0.2, -0.15) is 9.29 Å². The maximum Gasteiger partial charge on any atom is 0.243 e. The van der Waals surface area contributed by atoms with Crippen LogP contribution in [0.2, 0.25) is 0 Å². The van der Waals surface area contributed by atoms with Crippen LogP contribution >= 0.6 is 15.9 Å². The molecule has 0 atom stereocenters. The van der Waals surface area contributed by atoms with Crippen LogP contribution in [0.1, 0.15) is 18.6 Å². The van der Waals surface area contributed by atoms with Gasteiger partial charge in [-0.3, -0.25) is 0 Å². The molecule has 0 aliphatic heterocycles. The van der Waals surface area contributed by atoms with Gasteiger partial charge in [0.1, 0.15) is 5.75 Å². The molecule has 1 heterocycles. The van der Waals surface area contributed by atoms with Gasteiger partial charge < -0.3 is 9.26 Å². The molecule has 2 aromatic rings. The molecule has 0 saturated heterocycles. The molecule has 1 aromatic heterocycles. The van der Waals surface area contributed by atoms with Gasteiger partial charge >= 0.3 is 0 Å². The van der Waals surface area contributed by atoms with E-state index >= 15 is 0 Å². The van der Waals surface area contributed by atoms with Gasteiger partial charge in [0.15, 0.2) is 5.82 Å². The van der Waals surface area contributed by atoms with Crippen LogP contribution in [0, 0.1) is 0 Å². The van der Waals surface area contributed by atoms with E-state index in [0.29, 0.717) is 22.5 Å². The minimum absolute atomic E-state index is 0.0129. The standard InChI is InChI=1S/C13H16BrN3O4S/c1-4-12-15-13(21-16-12)8-17(2)22(18,19)9-5-6-11(20-3)10(14)7-9/h5-7H,4,8H2,1-3H3. The molecule has 0 radical (unpaired) electrons. The quantitative estimate of drug-likeness (QED) is 0.752. The van der Waals surface area contributed by atoms with Crippen molar-refractivity contribution in [1.29, 1.82) is 0 Å². The maximum atomic E-state index is 12.5. The summed E-state index contributed by atoms with van der Waals surface area (Å²) in [6, 6.07) is 4.57. The second-order valence-electron chi connectivity index (χ2n) is 4.52. The van der Waals surface area contributed by atoms with Gasteiger partial charge in [0.2, 0.25) is 15.9 Å². The number of hydrogen-bond acceptors (Lipinski definition) is 6. The molecular weight excluding hydrogens is 374 g/mol. The minimum Gasteiger partial charge on any atom is -0.496 e. The fourth-order valence-corrected chi connectivity index (χ4v) is 3.60. The van der Waals surface area contributed by atoms with E-state index in [1.807, 2.05) is 6.92 Å². The molecular formula is C13H16BrN3O4S. The number of ether oxygens (including phenoxy) is 1. The molecule has 0 spiro atoms. The largest absolute Gasteiger partial charge is 0.496 e. The van der Waals surface area contributed by atoms with Crippen molar-refractivity contribution in [2.75, 3.05) is 14.2 Å². The average molecular weight is 390 g/mol. The molecule has 0 amide bonds. The lowest BCUT2D eigenvalue weighted by Gasteiger charge is -2.15. The van der Waals surface area contributed by atoms with E-state index in [-0.39, 0.29) is 17.3 Å². The van der Waals surface area contributed by atoms with Crippen molar-refractivity contribution < 1.29 is 17.7 Å². The Kier molecular flexibility index (Phi) is 5.20. The summed E-state index contributed by atoms with van der Waals surface area (Å²) >= 11 is 3.28. The number of halogens is 1. The van der Waals surface area contributed by atoms with E-state index in [1.165, 1.54) is 26.3 Å². The van der Waals surface area contributed by atoms with E-state index < -0.39 is 10.0 Å². The summed E-state index contributed by atoms with van der Waals surface area (Å²) in [7, 11) is -0.685. The lowest BCUT2D eigenvalue weighted by molar-refractivity contribution is 0.334. The third-order valence-corrected chi connectivity index (χ3v) is 5.43. The summed E-state index contributed by atoms with van der Waals surface area (Å²) < 4.78 is 36.9. The number of methoxy groups -OCH3 is 1. The lowest BCUT2D eigenvalue weighted by atomic mass is 10.3. The predicted octanol–water partition coefficient (Wildman–Crippen LogP) is 2.22. The first-order valence-electron chi connectivity index (χ1n) is 6.49. The molecule has 120 valence electrons. The predicted molar refractivity (Wildman–Crippen MR) is 83.0 cm³/mol. The van der Waals surface area contributed by atoms with Crippen molar-refractivity contribution in [1.82, 2.24) is 14.4 Å². The lowest BCUT2D eigenvalue weighted by Crippen LogP contribution is -2.26. The van der Waals surface area contributed by atoms with Crippen LogP contribution in [-0.4, -0.2) is 37.0 Å². The van der Waals surface area contributed by atoms with Crippen molar-refractivity contribution in [2.45, 2.75) is 24.8 Å². The molecule has 0 aliphatic carbocycles. The zero-order chi connectivity index (χ0) is 16.3. The zero-order valence-electron chi connectivity index (χ0n) is 12.4. The third-order valence-electron chi connectivity index (χ3n) is 3.02. The van der Waals surface area contributed by atoms with Crippen molar-refractivity contribution in [3.63, 3.8) is 0 Å². The first kappa shape index (κ1) is 16.9. The fourth-order valence-electron chi connectivity index (χ4n) is 1.76. The van der Waals surface area contributed by atoms with Crippen LogP contribution in [0.4, 0.5) is 0 Å². The van der Waals surface area contributed by atoms with Gasteiger partial charge in [-0.1, -0.05) is 12.1 Å². The van der Waals surface area contributed by atoms with Crippen LogP contribution in [0.5, 0.6) is 5.75 Å². The van der Waals surface area contributed by atoms with Crippen LogP contribution in [0.25, 0.3) is 0 Å². The second kappa shape index (κ2) is 6.76. The Labute approximate surface area is 137 Å². The summed E-state index contributed by atoms with van der Waals surface area (Å²) in [5, 5.41) is 3.75. The van der Waals surface area contributed by atoms with Gasteiger partial charge in [0.25, 0.3) is 0 Å². The maximum absolute atomic E-state index is 12.5. The molecule has 1 aromatic carbocycles. The number of sulfonamides is 1. The highest BCUT2D eigenvalue weighted by molar-refractivity contribution is 9.10. The first-order chi connectivity index (χ1) is 10.4. The molecule has 0 fully saturated rings. The first-order valence-corrected chi connectivity index (χ1v) is 8.73. The molecule has 0 unspecified atom stereocenters. The summed E-state index contributed by atoms with van der Waals surface area (Å²) in [5.74, 6) is 1.37. The second-order valence-corrected chi connectivity index (χ2v) is 7.41. The van der Waals surface area contributed by atoms with Gasteiger partial charge in [-0.15, -0.1) is 0 Å². The Morgan fingerprint density at radius 3 is 2.68 bits per heavy atom. The Morgan fingerprint density at radius 1 is 1.41 bits per heavy atom. The van der Waals surface area contributed by atoms with Gasteiger partial charge in [-0.05, 0) is 34.1 Å². The van der Waals surface area contributed by atoms with E-state index in [4.69, 9.17) is 9.26 Å². The van der Waals surface area contributed by atoms with Crippen LogP contribution in [0.15, 0.2) is 32.1 Å². The van der Waals surface area contributed by atoms with E-state index in [1.54, 1.807) is 6.07 Å². The summed E-state index contributed by atoms with van der Waals surface area (Å²) in [6.07, 6.45) is 0.630. The molecule has 9 heteroatoms. The number of rotatable bonds is 6. The van der Waals surface area contributed by atoms with Crippen LogP contribution < -0.4 is 4.74 Å². The fraction of sp³-hybridized carbons (Fsp3) is 0.385. The highest BCUT2D eigenvalue weighted by Gasteiger charge is 2.24. The van der Waals surface area contributed by atoms with Gasteiger partial charge in [0.05, 0.1) is 23.0 Å². The van der Waals surface area contributed by atoms with E-state index in [0.717, 1.165) is 4.31 Å². The third kappa shape index (κ3) is 3.47. The molecule has 0 N–H and O–H groups in total. The molecule has 22 heavy (non-hydrogen) atoms. The number of aryl methyl sites for hydroxylation is 1. The van der Waals surface area contributed by atoms with E-state index in [2.05, 4.69) is 26.1 Å². The summed E-state index contributed by atoms with van der Waals surface area (Å²) in [5.41, 5.74) is 0. The van der Waals surface area contributed by atoms with Gasteiger partial charge in [-0.25, -0.2) is 8.42 Å². The van der Waals surface area contributed by atoms with Gasteiger partial charge in [0, 0.05) is 13.5 Å². The number of aromatic nitrogens is 2. The monoisotopic (exact) mass is 389 g/mol. The Balaban J connectivity index is 2.23. The van der Waals surface area contributed by atoms with Crippen LogP contribution in [0.3, 0.4) is 0 Å². The highest BCUT2D eigenvalue weighted by Crippen LogP contribution is 2.28. The molecule has 0 aliphatic rings. The SMILES string of the molecule is CCc1noc(CN(C)S(=O)(=O)c2ccc(OC)c(Br)c2)n1. The molecule has 2 rings (SSSR count). The zero-order valence-corrected chi connectivity index (χ0v) is 14.8. The van der Waals surface area contributed by atoms with Crippen molar-refractivity contribution in [3.05, 3.63) is 34.4 Å². The minimum atomic E-state index is -3.66. The number of hydrogen-bond donors (Lipinski definition) is 0. The topological polar surface area (TPSA) is 85.5 Å². The normalized spacial score (nSPS) is 11.9. The Morgan fingerprint density at radius 2 is 2.14 bits per heavy atom. The number of benzene rings is 1. The van der Waals surface area contributed by atoms with E-state index in [9.17, 15) is 8.42 Å². The average Bonchev–Trinajstić information content (AvgIpc) is 2.94. The number of nitrogens with zero attached hydrogens (tertiary/aromatic N) is 3.